The number of hydrogen-bond acceptors (Lipinski definition) is 3. The van der Waals surface area contributed by atoms with Crippen LogP contribution in [0.3, 0.4) is 0 Å². The molecule has 3 rings (SSSR count). The molecule has 1 aliphatic heterocycles. The molecule has 0 bridgehead atoms. The number of nitrogens with one attached hydrogen (secondary N) is 1. The number of benzene rings is 2. The molecule has 142 valence electrons. The van der Waals surface area contributed by atoms with Crippen LogP contribution in [0.2, 0.25) is 0 Å². The van der Waals surface area contributed by atoms with Gasteiger partial charge in [-0.1, -0.05) is 24.3 Å². The molecule has 2 amide bonds. The van der Waals surface area contributed by atoms with Gasteiger partial charge >= 0.3 is 0 Å². The van der Waals surface area contributed by atoms with Gasteiger partial charge in [0.25, 0.3) is 5.91 Å². The third kappa shape index (κ3) is 4.88. The van der Waals surface area contributed by atoms with E-state index in [1.807, 2.05) is 60.5 Å². The molecule has 2 aromatic rings. The number of amides is 2. The summed E-state index contributed by atoms with van der Waals surface area (Å²) in [5, 5.41) is 2.96. The van der Waals surface area contributed by atoms with Crippen LogP contribution in [0.25, 0.3) is 0 Å². The fourth-order valence-corrected chi connectivity index (χ4v) is 3.19. The molecule has 1 aliphatic rings. The van der Waals surface area contributed by atoms with Crippen molar-refractivity contribution in [1.82, 2.24) is 10.2 Å². The van der Waals surface area contributed by atoms with Gasteiger partial charge in [0.1, 0.15) is 0 Å². The molecule has 5 nitrogen and oxygen atoms in total. The van der Waals surface area contributed by atoms with Crippen LogP contribution < -0.4 is 10.2 Å². The predicted molar refractivity (Wildman–Crippen MR) is 108 cm³/mol. The predicted octanol–water partition coefficient (Wildman–Crippen LogP) is 3.20. The molecule has 0 aromatic heterocycles. The number of hydrogen-bond donors (Lipinski definition) is 1. The van der Waals surface area contributed by atoms with Crippen LogP contribution in [0.4, 0.5) is 5.69 Å². The van der Waals surface area contributed by atoms with Crippen molar-refractivity contribution in [2.45, 2.75) is 32.9 Å². The highest BCUT2D eigenvalue weighted by atomic mass is 16.2. The highest BCUT2D eigenvalue weighted by molar-refractivity contribution is 5.94. The minimum absolute atomic E-state index is 0.0764. The monoisotopic (exact) mass is 365 g/mol. The Bertz CT molecular complexity index is 784. The van der Waals surface area contributed by atoms with Gasteiger partial charge in [-0.05, 0) is 48.7 Å². The third-order valence-electron chi connectivity index (χ3n) is 5.07. The van der Waals surface area contributed by atoms with Gasteiger partial charge in [-0.15, -0.1) is 0 Å². The van der Waals surface area contributed by atoms with E-state index in [0.29, 0.717) is 25.1 Å². The van der Waals surface area contributed by atoms with Crippen molar-refractivity contribution in [2.24, 2.45) is 0 Å². The second-order valence-corrected chi connectivity index (χ2v) is 6.98. The lowest BCUT2D eigenvalue weighted by atomic mass is 10.1. The van der Waals surface area contributed by atoms with E-state index in [1.165, 1.54) is 0 Å². The van der Waals surface area contributed by atoms with E-state index in [0.717, 1.165) is 36.3 Å². The molecule has 0 saturated carbocycles. The van der Waals surface area contributed by atoms with Gasteiger partial charge in [-0.3, -0.25) is 9.59 Å². The summed E-state index contributed by atoms with van der Waals surface area (Å²) in [6, 6.07) is 15.7. The van der Waals surface area contributed by atoms with E-state index in [4.69, 9.17) is 0 Å². The highest BCUT2D eigenvalue weighted by Crippen LogP contribution is 2.15. The Kier molecular flexibility index (Phi) is 6.12. The van der Waals surface area contributed by atoms with Crippen LogP contribution in [-0.4, -0.2) is 36.9 Å². The van der Waals surface area contributed by atoms with Crippen molar-refractivity contribution < 1.29 is 9.59 Å². The molecule has 27 heavy (non-hydrogen) atoms. The average Bonchev–Trinajstić information content (AvgIpc) is 3.11. The maximum Gasteiger partial charge on any atom is 0.251 e. The van der Waals surface area contributed by atoms with Crippen molar-refractivity contribution in [2.75, 3.05) is 25.0 Å². The van der Waals surface area contributed by atoms with Crippen molar-refractivity contribution in [3.63, 3.8) is 0 Å². The van der Waals surface area contributed by atoms with Crippen LogP contribution in [0.5, 0.6) is 0 Å². The summed E-state index contributed by atoms with van der Waals surface area (Å²) in [6.07, 6.45) is 1.62. The molecule has 1 saturated heterocycles. The van der Waals surface area contributed by atoms with E-state index in [2.05, 4.69) is 17.1 Å². The van der Waals surface area contributed by atoms with Crippen molar-refractivity contribution in [1.29, 1.82) is 0 Å². The molecule has 1 heterocycles. The molecule has 0 atom stereocenters. The average molecular weight is 365 g/mol. The molecule has 0 spiro atoms. The Hall–Kier alpha value is -2.82. The molecule has 1 N–H and O–H groups in total. The summed E-state index contributed by atoms with van der Waals surface area (Å²) in [6.45, 7) is 5.02. The summed E-state index contributed by atoms with van der Waals surface area (Å²) in [7, 11) is 2.03. The lowest BCUT2D eigenvalue weighted by molar-refractivity contribution is -0.128. The van der Waals surface area contributed by atoms with Crippen LogP contribution >= 0.6 is 0 Å². The van der Waals surface area contributed by atoms with Gasteiger partial charge in [-0.2, -0.15) is 0 Å². The van der Waals surface area contributed by atoms with Gasteiger partial charge < -0.3 is 15.1 Å². The van der Waals surface area contributed by atoms with Crippen LogP contribution in [0.1, 0.15) is 41.3 Å². The van der Waals surface area contributed by atoms with Crippen LogP contribution in [0.15, 0.2) is 48.5 Å². The van der Waals surface area contributed by atoms with Gasteiger partial charge in [0.15, 0.2) is 0 Å². The topological polar surface area (TPSA) is 52.7 Å². The number of rotatable bonds is 7. The number of carbonyl (C=O) groups is 2. The zero-order valence-corrected chi connectivity index (χ0v) is 16.1. The maximum absolute atomic E-state index is 12.3. The summed E-state index contributed by atoms with van der Waals surface area (Å²) in [4.78, 5) is 28.1. The van der Waals surface area contributed by atoms with Crippen molar-refractivity contribution >= 4 is 17.5 Å². The molecule has 2 aromatic carbocycles. The van der Waals surface area contributed by atoms with Crippen molar-refractivity contribution in [3.8, 4) is 0 Å². The quantitative estimate of drug-likeness (QED) is 0.820. The van der Waals surface area contributed by atoms with E-state index in [9.17, 15) is 9.59 Å². The molecule has 0 unspecified atom stereocenters. The molecule has 5 heteroatoms. The zero-order chi connectivity index (χ0) is 19.2. The molecule has 0 aliphatic carbocycles. The first-order valence-electron chi connectivity index (χ1n) is 9.52. The lowest BCUT2D eigenvalue weighted by Crippen LogP contribution is -2.24. The summed E-state index contributed by atoms with van der Waals surface area (Å²) in [5.74, 6) is 0.162. The number of carbonyl (C=O) groups excluding carboxylic acids is 2. The van der Waals surface area contributed by atoms with Crippen molar-refractivity contribution in [3.05, 3.63) is 65.2 Å². The highest BCUT2D eigenvalue weighted by Gasteiger charge is 2.19. The zero-order valence-electron chi connectivity index (χ0n) is 16.1. The normalized spacial score (nSPS) is 13.7. The van der Waals surface area contributed by atoms with Gasteiger partial charge in [0.05, 0.1) is 0 Å². The third-order valence-corrected chi connectivity index (χ3v) is 5.07. The van der Waals surface area contributed by atoms with E-state index >= 15 is 0 Å². The smallest absolute Gasteiger partial charge is 0.251 e. The fourth-order valence-electron chi connectivity index (χ4n) is 3.19. The van der Waals surface area contributed by atoms with Crippen LogP contribution in [-0.2, 0) is 17.9 Å². The first-order chi connectivity index (χ1) is 13.1. The Balaban J connectivity index is 1.52. The first-order valence-corrected chi connectivity index (χ1v) is 9.52. The summed E-state index contributed by atoms with van der Waals surface area (Å²) in [5.41, 5.74) is 3.92. The van der Waals surface area contributed by atoms with Gasteiger partial charge in [-0.25, -0.2) is 0 Å². The minimum atomic E-state index is -0.0764. The standard InChI is InChI=1S/C22H27N3O2/c1-3-24(2)20-12-10-19(11-13-20)22(27)23-15-17-6-8-18(9-7-17)16-25-14-4-5-21(25)26/h6-13H,3-5,14-16H2,1-2H3,(H,23,27). The molecule has 1 fully saturated rings. The Morgan fingerprint density at radius 1 is 1.07 bits per heavy atom. The molecule has 0 radical (unpaired) electrons. The van der Waals surface area contributed by atoms with Gasteiger partial charge in [0, 0.05) is 50.9 Å². The lowest BCUT2D eigenvalue weighted by Gasteiger charge is -2.17. The Labute approximate surface area is 161 Å². The molecular formula is C22H27N3O2. The van der Waals surface area contributed by atoms with E-state index < -0.39 is 0 Å². The second kappa shape index (κ2) is 8.71. The van der Waals surface area contributed by atoms with Crippen LogP contribution in [0, 0.1) is 0 Å². The Morgan fingerprint density at radius 3 is 2.33 bits per heavy atom. The summed E-state index contributed by atoms with van der Waals surface area (Å²) >= 11 is 0. The number of anilines is 1. The SMILES string of the molecule is CCN(C)c1ccc(C(=O)NCc2ccc(CN3CCCC3=O)cc2)cc1. The number of nitrogens with zero attached hydrogens (tertiary/aromatic N) is 2. The first kappa shape index (κ1) is 19.0. The minimum Gasteiger partial charge on any atom is -0.375 e. The second-order valence-electron chi connectivity index (χ2n) is 6.98. The fraction of sp³-hybridized carbons (Fsp3) is 0.364. The van der Waals surface area contributed by atoms with E-state index in [-0.39, 0.29) is 11.8 Å². The Morgan fingerprint density at radius 2 is 1.74 bits per heavy atom. The summed E-state index contributed by atoms with van der Waals surface area (Å²) < 4.78 is 0. The van der Waals surface area contributed by atoms with E-state index in [1.54, 1.807) is 0 Å². The largest absolute Gasteiger partial charge is 0.375 e. The van der Waals surface area contributed by atoms with Gasteiger partial charge in [0.2, 0.25) is 5.91 Å². The maximum atomic E-state index is 12.3. The molecular weight excluding hydrogens is 338 g/mol. The number of likely N-dealkylation sites (tertiary alicyclic amines) is 1.